The number of amidine groups is 1. The molecule has 3 N–H and O–H groups in total. The minimum absolute atomic E-state index is 0. The smallest absolute Gasteiger partial charge is 0.167 e. The molecule has 0 radical (unpaired) electrons. The fourth-order valence-corrected chi connectivity index (χ4v) is 1.97. The highest BCUT2D eigenvalue weighted by Crippen LogP contribution is 2.25. The Kier molecular flexibility index (Phi) is 4.40. The van der Waals surface area contributed by atoms with Crippen molar-refractivity contribution in [3.63, 3.8) is 0 Å². The Labute approximate surface area is 128 Å². The van der Waals surface area contributed by atoms with Gasteiger partial charge >= 0.3 is 0 Å². The van der Waals surface area contributed by atoms with Crippen LogP contribution >= 0.6 is 12.4 Å². The highest BCUT2D eigenvalue weighted by molar-refractivity contribution is 5.95. The molecule has 0 saturated heterocycles. The maximum atomic E-state index is 7.37. The standard InChI is InChI=1S/C16H13N3O.ClH/c17-16(18)13-8-6-12(7-9-13)15-10-14(19-20-15)11-4-2-1-3-5-11;/h1-10H,(H3,17,18);1H. The van der Waals surface area contributed by atoms with Gasteiger partial charge in [0.15, 0.2) is 5.76 Å². The molecule has 5 heteroatoms. The van der Waals surface area contributed by atoms with Crippen molar-refractivity contribution < 1.29 is 4.52 Å². The average Bonchev–Trinajstić information content (AvgIpc) is 2.98. The molecule has 106 valence electrons. The maximum Gasteiger partial charge on any atom is 0.167 e. The Morgan fingerprint density at radius 2 is 1.62 bits per heavy atom. The third-order valence-corrected chi connectivity index (χ3v) is 3.06. The van der Waals surface area contributed by atoms with E-state index in [1.807, 2.05) is 48.5 Å². The number of rotatable bonds is 3. The monoisotopic (exact) mass is 299 g/mol. The number of nitrogens with one attached hydrogen (secondary N) is 1. The third-order valence-electron chi connectivity index (χ3n) is 3.06. The summed E-state index contributed by atoms with van der Waals surface area (Å²) in [5, 5.41) is 11.4. The number of nitrogens with two attached hydrogens (primary N) is 1. The predicted octanol–water partition coefficient (Wildman–Crippen LogP) is 3.71. The summed E-state index contributed by atoms with van der Waals surface area (Å²) < 4.78 is 5.37. The molecule has 21 heavy (non-hydrogen) atoms. The highest BCUT2D eigenvalue weighted by atomic mass is 35.5. The van der Waals surface area contributed by atoms with Gasteiger partial charge in [-0.2, -0.15) is 0 Å². The van der Waals surface area contributed by atoms with E-state index in [-0.39, 0.29) is 18.2 Å². The van der Waals surface area contributed by atoms with Gasteiger partial charge in [0.05, 0.1) is 0 Å². The van der Waals surface area contributed by atoms with Crippen LogP contribution < -0.4 is 5.73 Å². The van der Waals surface area contributed by atoms with Crippen molar-refractivity contribution >= 4 is 18.2 Å². The molecular weight excluding hydrogens is 286 g/mol. The van der Waals surface area contributed by atoms with Crippen LogP contribution in [0.15, 0.2) is 65.2 Å². The molecule has 0 fully saturated rings. The van der Waals surface area contributed by atoms with Crippen LogP contribution in [0.4, 0.5) is 0 Å². The first-order chi connectivity index (χ1) is 9.74. The first-order valence-electron chi connectivity index (χ1n) is 6.21. The third kappa shape index (κ3) is 3.12. The van der Waals surface area contributed by atoms with E-state index in [1.165, 1.54) is 0 Å². The lowest BCUT2D eigenvalue weighted by atomic mass is 10.1. The quantitative estimate of drug-likeness (QED) is 0.571. The Bertz CT molecular complexity index is 736. The summed E-state index contributed by atoms with van der Waals surface area (Å²) in [6, 6.07) is 19.1. The van der Waals surface area contributed by atoms with E-state index >= 15 is 0 Å². The van der Waals surface area contributed by atoms with E-state index in [0.29, 0.717) is 11.3 Å². The van der Waals surface area contributed by atoms with Crippen LogP contribution in [0.2, 0.25) is 0 Å². The SMILES string of the molecule is Cl.N=C(N)c1ccc(-c2cc(-c3ccccc3)no2)cc1. The highest BCUT2D eigenvalue weighted by Gasteiger charge is 2.08. The van der Waals surface area contributed by atoms with Crippen molar-refractivity contribution in [2.45, 2.75) is 0 Å². The van der Waals surface area contributed by atoms with E-state index in [9.17, 15) is 0 Å². The minimum Gasteiger partial charge on any atom is -0.384 e. The number of benzene rings is 2. The molecule has 0 bridgehead atoms. The molecule has 1 heterocycles. The molecule has 0 unspecified atom stereocenters. The second kappa shape index (κ2) is 6.24. The van der Waals surface area contributed by atoms with Gasteiger partial charge in [0.2, 0.25) is 0 Å². The number of halogens is 1. The van der Waals surface area contributed by atoms with Gasteiger partial charge in [0.25, 0.3) is 0 Å². The van der Waals surface area contributed by atoms with Crippen LogP contribution in [0.25, 0.3) is 22.6 Å². The van der Waals surface area contributed by atoms with Crippen LogP contribution in [0.5, 0.6) is 0 Å². The molecule has 0 aliphatic carbocycles. The molecule has 3 rings (SSSR count). The molecule has 1 aromatic heterocycles. The Hall–Kier alpha value is -2.59. The summed E-state index contributed by atoms with van der Waals surface area (Å²) in [5.41, 5.74) is 8.85. The zero-order chi connectivity index (χ0) is 13.9. The zero-order valence-corrected chi connectivity index (χ0v) is 11.9. The molecule has 0 saturated carbocycles. The summed E-state index contributed by atoms with van der Waals surface area (Å²) in [5.74, 6) is 0.748. The van der Waals surface area contributed by atoms with Crippen molar-refractivity contribution in [1.29, 1.82) is 5.41 Å². The van der Waals surface area contributed by atoms with Crippen LogP contribution in [0.3, 0.4) is 0 Å². The van der Waals surface area contributed by atoms with Gasteiger partial charge < -0.3 is 10.3 Å². The Morgan fingerprint density at radius 3 is 2.24 bits per heavy atom. The van der Waals surface area contributed by atoms with Crippen molar-refractivity contribution in [2.24, 2.45) is 5.73 Å². The van der Waals surface area contributed by atoms with Gasteiger partial charge in [-0.05, 0) is 0 Å². The van der Waals surface area contributed by atoms with Crippen molar-refractivity contribution in [1.82, 2.24) is 5.16 Å². The van der Waals surface area contributed by atoms with Gasteiger partial charge in [-0.15, -0.1) is 12.4 Å². The summed E-state index contributed by atoms with van der Waals surface area (Å²) in [7, 11) is 0. The van der Waals surface area contributed by atoms with E-state index in [1.54, 1.807) is 12.1 Å². The maximum absolute atomic E-state index is 7.37. The number of hydrogen-bond donors (Lipinski definition) is 2. The van der Waals surface area contributed by atoms with E-state index in [0.717, 1.165) is 16.8 Å². The van der Waals surface area contributed by atoms with Gasteiger partial charge in [-0.1, -0.05) is 59.8 Å². The summed E-state index contributed by atoms with van der Waals surface area (Å²) in [6.45, 7) is 0. The molecule has 0 aliphatic heterocycles. The van der Waals surface area contributed by atoms with Gasteiger partial charge in [0.1, 0.15) is 11.5 Å². The Morgan fingerprint density at radius 1 is 0.952 bits per heavy atom. The molecule has 2 aromatic carbocycles. The lowest BCUT2D eigenvalue weighted by Crippen LogP contribution is -2.10. The topological polar surface area (TPSA) is 75.9 Å². The number of hydrogen-bond acceptors (Lipinski definition) is 3. The Balaban J connectivity index is 0.00000161. The first kappa shape index (κ1) is 14.8. The molecule has 0 spiro atoms. The van der Waals surface area contributed by atoms with Crippen molar-refractivity contribution in [3.8, 4) is 22.6 Å². The van der Waals surface area contributed by atoms with Crippen molar-refractivity contribution in [2.75, 3.05) is 0 Å². The molecule has 0 atom stereocenters. The average molecular weight is 300 g/mol. The lowest BCUT2D eigenvalue weighted by Gasteiger charge is -1.99. The fraction of sp³-hybridized carbons (Fsp3) is 0. The number of nitrogens with zero attached hydrogens (tertiary/aromatic N) is 1. The minimum atomic E-state index is 0. The molecule has 0 amide bonds. The predicted molar refractivity (Wildman–Crippen MR) is 85.6 cm³/mol. The number of nitrogen functional groups attached to an aromatic ring is 1. The summed E-state index contributed by atoms with van der Waals surface area (Å²) in [6.07, 6.45) is 0. The van der Waals surface area contributed by atoms with Crippen molar-refractivity contribution in [3.05, 3.63) is 66.2 Å². The molecule has 0 aliphatic rings. The van der Waals surface area contributed by atoms with Crippen LogP contribution in [-0.2, 0) is 0 Å². The van der Waals surface area contributed by atoms with Gasteiger partial charge in [-0.3, -0.25) is 5.41 Å². The van der Waals surface area contributed by atoms with Crippen LogP contribution in [-0.4, -0.2) is 11.0 Å². The zero-order valence-electron chi connectivity index (χ0n) is 11.1. The normalized spacial score (nSPS) is 9.90. The van der Waals surface area contributed by atoms with Crippen LogP contribution in [0.1, 0.15) is 5.56 Å². The van der Waals surface area contributed by atoms with E-state index < -0.39 is 0 Å². The fourth-order valence-electron chi connectivity index (χ4n) is 1.97. The van der Waals surface area contributed by atoms with Crippen LogP contribution in [0, 0.1) is 5.41 Å². The summed E-state index contributed by atoms with van der Waals surface area (Å²) in [4.78, 5) is 0. The molecule has 3 aromatic rings. The first-order valence-corrected chi connectivity index (χ1v) is 6.21. The summed E-state index contributed by atoms with van der Waals surface area (Å²) >= 11 is 0. The second-order valence-electron chi connectivity index (χ2n) is 4.43. The number of aromatic nitrogens is 1. The molecule has 4 nitrogen and oxygen atoms in total. The lowest BCUT2D eigenvalue weighted by molar-refractivity contribution is 0.435. The second-order valence-corrected chi connectivity index (χ2v) is 4.43. The molecular formula is C16H14ClN3O. The van der Waals surface area contributed by atoms with E-state index in [2.05, 4.69) is 5.16 Å². The van der Waals surface area contributed by atoms with Gasteiger partial charge in [0, 0.05) is 22.8 Å². The van der Waals surface area contributed by atoms with Gasteiger partial charge in [-0.25, -0.2) is 0 Å². The largest absolute Gasteiger partial charge is 0.384 e. The van der Waals surface area contributed by atoms with E-state index in [4.69, 9.17) is 15.7 Å².